The Hall–Kier alpha value is -1.27. The molecule has 1 rings (SSSR count). The summed E-state index contributed by atoms with van der Waals surface area (Å²) < 4.78 is 25.4. The standard InChI is InChI=1S/C10H11ClF2N2O2/c1-6-2-8(11)7(3-14-6)9(17)15-4-10(12,13)5-16/h2-3,16H,4-5H2,1H3,(H,15,17). The summed E-state index contributed by atoms with van der Waals surface area (Å²) in [7, 11) is 0. The molecule has 0 spiro atoms. The second-order valence-corrected chi connectivity index (χ2v) is 3.91. The zero-order chi connectivity index (χ0) is 13.1. The number of aromatic nitrogens is 1. The predicted molar refractivity (Wildman–Crippen MR) is 58.4 cm³/mol. The van der Waals surface area contributed by atoms with Crippen LogP contribution in [-0.2, 0) is 0 Å². The number of amides is 1. The van der Waals surface area contributed by atoms with E-state index in [1.54, 1.807) is 6.92 Å². The predicted octanol–water partition coefficient (Wildman–Crippen LogP) is 1.40. The van der Waals surface area contributed by atoms with E-state index in [-0.39, 0.29) is 10.6 Å². The summed E-state index contributed by atoms with van der Waals surface area (Å²) in [6.07, 6.45) is 1.21. The number of pyridine rings is 1. The summed E-state index contributed by atoms with van der Waals surface area (Å²) in [6, 6.07) is 1.46. The first kappa shape index (κ1) is 13.8. The van der Waals surface area contributed by atoms with Crippen LogP contribution in [0.1, 0.15) is 16.1 Å². The number of hydrogen-bond donors (Lipinski definition) is 2. The van der Waals surface area contributed by atoms with E-state index in [4.69, 9.17) is 16.7 Å². The minimum Gasteiger partial charge on any atom is -0.390 e. The zero-order valence-corrected chi connectivity index (χ0v) is 9.76. The number of aliphatic hydroxyl groups is 1. The molecular weight excluding hydrogens is 254 g/mol. The van der Waals surface area contributed by atoms with Crippen molar-refractivity contribution in [3.8, 4) is 0 Å². The van der Waals surface area contributed by atoms with Gasteiger partial charge in [0.15, 0.2) is 0 Å². The van der Waals surface area contributed by atoms with Crippen molar-refractivity contribution in [1.82, 2.24) is 10.3 Å². The lowest BCUT2D eigenvalue weighted by molar-refractivity contribution is -0.0462. The summed E-state index contributed by atoms with van der Waals surface area (Å²) in [5.41, 5.74) is 0.637. The average molecular weight is 265 g/mol. The Morgan fingerprint density at radius 3 is 2.82 bits per heavy atom. The van der Waals surface area contributed by atoms with Gasteiger partial charge in [0.25, 0.3) is 11.8 Å². The zero-order valence-electron chi connectivity index (χ0n) is 9.01. The first-order valence-electron chi connectivity index (χ1n) is 4.75. The second-order valence-electron chi connectivity index (χ2n) is 3.50. The summed E-state index contributed by atoms with van der Waals surface area (Å²) in [6.45, 7) is -0.590. The molecule has 0 radical (unpaired) electrons. The first-order chi connectivity index (χ1) is 7.85. The number of carbonyl (C=O) groups is 1. The van der Waals surface area contributed by atoms with Gasteiger partial charge < -0.3 is 10.4 Å². The topological polar surface area (TPSA) is 62.2 Å². The second kappa shape index (κ2) is 5.37. The molecule has 0 aliphatic carbocycles. The molecule has 1 amide bonds. The third-order valence-corrected chi connectivity index (χ3v) is 2.29. The molecule has 7 heteroatoms. The van der Waals surface area contributed by atoms with Crippen molar-refractivity contribution < 1.29 is 18.7 Å². The van der Waals surface area contributed by atoms with Crippen molar-refractivity contribution in [2.24, 2.45) is 0 Å². The molecular formula is C10H11ClF2N2O2. The van der Waals surface area contributed by atoms with Gasteiger partial charge in [0.1, 0.15) is 6.61 Å². The Morgan fingerprint density at radius 1 is 1.65 bits per heavy atom. The quantitative estimate of drug-likeness (QED) is 0.864. The van der Waals surface area contributed by atoms with Gasteiger partial charge in [-0.2, -0.15) is 0 Å². The molecule has 0 aliphatic rings. The van der Waals surface area contributed by atoms with Gasteiger partial charge >= 0.3 is 0 Å². The Bertz CT molecular complexity index is 427. The summed E-state index contributed by atoms with van der Waals surface area (Å²) in [5.74, 6) is -4.10. The van der Waals surface area contributed by atoms with E-state index in [9.17, 15) is 13.6 Å². The number of aryl methyl sites for hydroxylation is 1. The van der Waals surface area contributed by atoms with Crippen LogP contribution >= 0.6 is 11.6 Å². The molecule has 17 heavy (non-hydrogen) atoms. The molecule has 1 heterocycles. The van der Waals surface area contributed by atoms with Gasteiger partial charge in [-0.1, -0.05) is 11.6 Å². The fourth-order valence-electron chi connectivity index (χ4n) is 1.05. The lowest BCUT2D eigenvalue weighted by Gasteiger charge is -2.14. The van der Waals surface area contributed by atoms with E-state index >= 15 is 0 Å². The number of nitrogens with one attached hydrogen (secondary N) is 1. The fraction of sp³-hybridized carbons (Fsp3) is 0.400. The maximum absolute atomic E-state index is 12.7. The third kappa shape index (κ3) is 3.90. The number of carbonyl (C=O) groups excluding carboxylic acids is 1. The summed E-state index contributed by atoms with van der Waals surface area (Å²) >= 11 is 5.77. The molecule has 0 atom stereocenters. The van der Waals surface area contributed by atoms with Gasteiger partial charge in [-0.15, -0.1) is 0 Å². The van der Waals surface area contributed by atoms with Crippen LogP contribution in [0.25, 0.3) is 0 Å². The maximum Gasteiger partial charge on any atom is 0.287 e. The molecule has 0 aliphatic heterocycles. The molecule has 0 bridgehead atoms. The largest absolute Gasteiger partial charge is 0.390 e. The van der Waals surface area contributed by atoms with Crippen LogP contribution in [0.4, 0.5) is 8.78 Å². The lowest BCUT2D eigenvalue weighted by Crippen LogP contribution is -2.39. The lowest BCUT2D eigenvalue weighted by atomic mass is 10.2. The van der Waals surface area contributed by atoms with Crippen LogP contribution in [0.15, 0.2) is 12.3 Å². The number of rotatable bonds is 4. The van der Waals surface area contributed by atoms with Crippen molar-refractivity contribution in [2.45, 2.75) is 12.8 Å². The normalized spacial score (nSPS) is 11.4. The number of hydrogen-bond acceptors (Lipinski definition) is 3. The van der Waals surface area contributed by atoms with Gasteiger partial charge in [-0.3, -0.25) is 9.78 Å². The van der Waals surface area contributed by atoms with Crippen LogP contribution in [0.3, 0.4) is 0 Å². The van der Waals surface area contributed by atoms with Crippen molar-refractivity contribution in [3.63, 3.8) is 0 Å². The Labute approximate surface area is 102 Å². The molecule has 4 nitrogen and oxygen atoms in total. The SMILES string of the molecule is Cc1cc(Cl)c(C(=O)NCC(F)(F)CO)cn1. The number of halogens is 3. The third-order valence-electron chi connectivity index (χ3n) is 1.97. The highest BCUT2D eigenvalue weighted by Crippen LogP contribution is 2.16. The van der Waals surface area contributed by atoms with E-state index in [0.717, 1.165) is 0 Å². The number of alkyl halides is 2. The van der Waals surface area contributed by atoms with Crippen LogP contribution in [-0.4, -0.2) is 35.1 Å². The molecule has 94 valence electrons. The molecule has 0 saturated heterocycles. The van der Waals surface area contributed by atoms with Gasteiger partial charge in [0.05, 0.1) is 17.1 Å². The number of aliphatic hydroxyl groups excluding tert-OH is 1. The maximum atomic E-state index is 12.7. The molecule has 1 aromatic rings. The van der Waals surface area contributed by atoms with Crippen LogP contribution in [0.5, 0.6) is 0 Å². The average Bonchev–Trinajstić information content (AvgIpc) is 2.26. The monoisotopic (exact) mass is 264 g/mol. The van der Waals surface area contributed by atoms with Gasteiger partial charge in [-0.25, -0.2) is 8.78 Å². The summed E-state index contributed by atoms with van der Waals surface area (Å²) in [4.78, 5) is 15.3. The molecule has 0 fully saturated rings. The van der Waals surface area contributed by atoms with Gasteiger partial charge in [0.2, 0.25) is 0 Å². The van der Waals surface area contributed by atoms with E-state index in [1.165, 1.54) is 12.3 Å². The van der Waals surface area contributed by atoms with Gasteiger partial charge in [0, 0.05) is 11.9 Å². The highest BCUT2D eigenvalue weighted by atomic mass is 35.5. The summed E-state index contributed by atoms with van der Waals surface area (Å²) in [5, 5.41) is 10.4. The fourth-order valence-corrected chi connectivity index (χ4v) is 1.35. The van der Waals surface area contributed by atoms with Crippen LogP contribution in [0, 0.1) is 6.92 Å². The van der Waals surface area contributed by atoms with E-state index in [1.807, 2.05) is 5.32 Å². The highest BCUT2D eigenvalue weighted by Gasteiger charge is 2.28. The van der Waals surface area contributed by atoms with E-state index in [2.05, 4.69) is 4.98 Å². The van der Waals surface area contributed by atoms with Crippen LogP contribution in [0.2, 0.25) is 5.02 Å². The molecule has 0 saturated carbocycles. The minimum atomic E-state index is -3.35. The molecule has 1 aromatic heterocycles. The molecule has 2 N–H and O–H groups in total. The molecule has 0 unspecified atom stereocenters. The van der Waals surface area contributed by atoms with Crippen molar-refractivity contribution in [3.05, 3.63) is 28.5 Å². The molecule has 0 aromatic carbocycles. The first-order valence-corrected chi connectivity index (χ1v) is 5.12. The van der Waals surface area contributed by atoms with Crippen molar-refractivity contribution >= 4 is 17.5 Å². The van der Waals surface area contributed by atoms with E-state index in [0.29, 0.717) is 5.69 Å². The smallest absolute Gasteiger partial charge is 0.287 e. The van der Waals surface area contributed by atoms with Crippen molar-refractivity contribution in [1.29, 1.82) is 0 Å². The van der Waals surface area contributed by atoms with E-state index < -0.39 is 25.0 Å². The Kier molecular flexibility index (Phi) is 4.36. The Morgan fingerprint density at radius 2 is 2.29 bits per heavy atom. The Balaban J connectivity index is 2.71. The van der Waals surface area contributed by atoms with Gasteiger partial charge in [-0.05, 0) is 13.0 Å². The van der Waals surface area contributed by atoms with Crippen molar-refractivity contribution in [2.75, 3.05) is 13.2 Å². The minimum absolute atomic E-state index is 0.0195. The van der Waals surface area contributed by atoms with Crippen LogP contribution < -0.4 is 5.32 Å². The number of nitrogens with zero attached hydrogens (tertiary/aromatic N) is 1. The highest BCUT2D eigenvalue weighted by molar-refractivity contribution is 6.33.